The van der Waals surface area contributed by atoms with Crippen LogP contribution >= 0.6 is 0 Å². The number of benzene rings is 3. The Bertz CT molecular complexity index is 1230. The summed E-state index contributed by atoms with van der Waals surface area (Å²) in [5, 5.41) is 3.11. The summed E-state index contributed by atoms with van der Waals surface area (Å²) in [6, 6.07) is 24.0. The molecule has 5 nitrogen and oxygen atoms in total. The van der Waals surface area contributed by atoms with E-state index in [2.05, 4.69) is 41.1 Å². The van der Waals surface area contributed by atoms with Crippen LogP contribution in [0.25, 0.3) is 11.0 Å². The van der Waals surface area contributed by atoms with Gasteiger partial charge in [0.05, 0.1) is 11.0 Å². The van der Waals surface area contributed by atoms with E-state index in [1.165, 1.54) is 5.52 Å². The number of fused-ring (bicyclic) bond motifs is 1. The second-order valence-corrected chi connectivity index (χ2v) is 8.22. The first-order chi connectivity index (χ1) is 15.6. The fourth-order valence-corrected chi connectivity index (χ4v) is 4.02. The maximum atomic E-state index is 12.9. The van der Waals surface area contributed by atoms with E-state index in [-0.39, 0.29) is 5.91 Å². The quantitative estimate of drug-likeness (QED) is 0.402. The fraction of sp³-hybridized carbons (Fsp3) is 0.259. The molecule has 164 valence electrons. The minimum atomic E-state index is -0.0978. The predicted molar refractivity (Wildman–Crippen MR) is 133 cm³/mol. The minimum absolute atomic E-state index is 0.0978. The molecule has 0 saturated carbocycles. The molecular weight excluding hydrogens is 396 g/mol. The Labute approximate surface area is 189 Å². The molecule has 1 aromatic heterocycles. The Hall–Kier alpha value is -3.60. The van der Waals surface area contributed by atoms with Crippen LogP contribution in [0.1, 0.15) is 35.1 Å². The highest BCUT2D eigenvalue weighted by Crippen LogP contribution is 2.22. The molecular formula is C27H30N4O. The Kier molecular flexibility index (Phi) is 6.55. The lowest BCUT2D eigenvalue weighted by Gasteiger charge is -2.15. The van der Waals surface area contributed by atoms with Crippen molar-refractivity contribution in [3.05, 3.63) is 89.7 Å². The summed E-state index contributed by atoms with van der Waals surface area (Å²) in [5.74, 6) is 0.993. The number of aromatic nitrogens is 2. The van der Waals surface area contributed by atoms with E-state index in [0.29, 0.717) is 5.56 Å². The highest BCUT2D eigenvalue weighted by Gasteiger charge is 2.13. The van der Waals surface area contributed by atoms with Gasteiger partial charge in [0.25, 0.3) is 5.91 Å². The van der Waals surface area contributed by atoms with Crippen LogP contribution in [0.4, 0.5) is 11.4 Å². The third-order valence-corrected chi connectivity index (χ3v) is 5.69. The molecule has 5 heteroatoms. The van der Waals surface area contributed by atoms with Crippen LogP contribution in [0.15, 0.2) is 72.8 Å². The molecule has 1 amide bonds. The maximum absolute atomic E-state index is 12.9. The SMILES string of the molecule is CCCn1c(CCc2ccccc2NC(=O)c2cccc(N(C)C)c2)nc2ccccc21. The summed E-state index contributed by atoms with van der Waals surface area (Å²) in [6.45, 7) is 3.14. The molecule has 32 heavy (non-hydrogen) atoms. The van der Waals surface area contributed by atoms with Crippen molar-refractivity contribution in [3.8, 4) is 0 Å². The number of nitrogens with zero attached hydrogens (tertiary/aromatic N) is 3. The molecule has 0 aliphatic carbocycles. The molecule has 0 aliphatic rings. The lowest BCUT2D eigenvalue weighted by molar-refractivity contribution is 0.102. The highest BCUT2D eigenvalue weighted by atomic mass is 16.1. The van der Waals surface area contributed by atoms with E-state index < -0.39 is 0 Å². The van der Waals surface area contributed by atoms with Gasteiger partial charge < -0.3 is 14.8 Å². The number of rotatable bonds is 8. The van der Waals surface area contributed by atoms with Crippen LogP contribution in [0.5, 0.6) is 0 Å². The summed E-state index contributed by atoms with van der Waals surface area (Å²) in [7, 11) is 3.94. The van der Waals surface area contributed by atoms with Crippen molar-refractivity contribution < 1.29 is 4.79 Å². The number of nitrogens with one attached hydrogen (secondary N) is 1. The Morgan fingerprint density at radius 2 is 1.75 bits per heavy atom. The number of imidazole rings is 1. The zero-order valence-electron chi connectivity index (χ0n) is 19.0. The first-order valence-corrected chi connectivity index (χ1v) is 11.2. The summed E-state index contributed by atoms with van der Waals surface area (Å²) < 4.78 is 2.32. The first kappa shape index (κ1) is 21.6. The fourth-order valence-electron chi connectivity index (χ4n) is 4.02. The van der Waals surface area contributed by atoms with Gasteiger partial charge in [-0.25, -0.2) is 4.98 Å². The zero-order valence-corrected chi connectivity index (χ0v) is 19.0. The molecule has 4 rings (SSSR count). The molecule has 0 saturated heterocycles. The first-order valence-electron chi connectivity index (χ1n) is 11.2. The number of anilines is 2. The average Bonchev–Trinajstić information content (AvgIpc) is 3.16. The largest absolute Gasteiger partial charge is 0.378 e. The second kappa shape index (κ2) is 9.69. The van der Waals surface area contributed by atoms with E-state index in [0.717, 1.165) is 54.1 Å². The summed E-state index contributed by atoms with van der Waals surface area (Å²) >= 11 is 0. The zero-order chi connectivity index (χ0) is 22.5. The van der Waals surface area contributed by atoms with Crippen molar-refractivity contribution in [2.45, 2.75) is 32.7 Å². The molecule has 3 aromatic carbocycles. The van der Waals surface area contributed by atoms with Gasteiger partial charge in [0.15, 0.2) is 0 Å². The van der Waals surface area contributed by atoms with Gasteiger partial charge in [-0.05, 0) is 54.8 Å². The summed E-state index contributed by atoms with van der Waals surface area (Å²) in [5.41, 5.74) is 5.84. The molecule has 0 bridgehead atoms. The van der Waals surface area contributed by atoms with Gasteiger partial charge in [-0.3, -0.25) is 4.79 Å². The van der Waals surface area contributed by atoms with Gasteiger partial charge in [0.1, 0.15) is 5.82 Å². The summed E-state index contributed by atoms with van der Waals surface area (Å²) in [4.78, 5) is 19.8. The number of carbonyl (C=O) groups is 1. The number of para-hydroxylation sites is 3. The van der Waals surface area contributed by atoms with Crippen LogP contribution in [-0.4, -0.2) is 29.6 Å². The highest BCUT2D eigenvalue weighted by molar-refractivity contribution is 6.05. The molecule has 0 atom stereocenters. The van der Waals surface area contributed by atoms with Gasteiger partial charge in [0, 0.05) is 44.0 Å². The standard InChI is InChI=1S/C27H30N4O/c1-4-18-31-25-15-8-7-14-24(25)28-26(31)17-16-20-10-5-6-13-23(20)29-27(32)21-11-9-12-22(19-21)30(2)3/h5-15,19H,4,16-18H2,1-3H3,(H,29,32). The molecule has 4 aromatic rings. The van der Waals surface area contributed by atoms with Gasteiger partial charge in [0.2, 0.25) is 0 Å². The Balaban J connectivity index is 1.53. The van der Waals surface area contributed by atoms with Crippen LogP contribution in [0.3, 0.4) is 0 Å². The number of amides is 1. The smallest absolute Gasteiger partial charge is 0.255 e. The van der Waals surface area contributed by atoms with Crippen LogP contribution in [0.2, 0.25) is 0 Å². The van der Waals surface area contributed by atoms with Gasteiger partial charge in [-0.2, -0.15) is 0 Å². The Morgan fingerprint density at radius 3 is 2.56 bits per heavy atom. The molecule has 0 aliphatic heterocycles. The van der Waals surface area contributed by atoms with Crippen molar-refractivity contribution in [3.63, 3.8) is 0 Å². The molecule has 1 N–H and O–H groups in total. The maximum Gasteiger partial charge on any atom is 0.255 e. The number of aryl methyl sites for hydroxylation is 3. The Morgan fingerprint density at radius 1 is 0.969 bits per heavy atom. The third kappa shape index (κ3) is 4.67. The molecule has 0 spiro atoms. The van der Waals surface area contributed by atoms with E-state index in [1.807, 2.05) is 67.5 Å². The topological polar surface area (TPSA) is 50.2 Å². The number of hydrogen-bond acceptors (Lipinski definition) is 3. The lowest BCUT2D eigenvalue weighted by atomic mass is 10.1. The van der Waals surface area contributed by atoms with Gasteiger partial charge in [-0.15, -0.1) is 0 Å². The van der Waals surface area contributed by atoms with Crippen molar-refractivity contribution in [2.75, 3.05) is 24.3 Å². The van der Waals surface area contributed by atoms with Gasteiger partial charge in [-0.1, -0.05) is 43.3 Å². The normalized spacial score (nSPS) is 11.0. The minimum Gasteiger partial charge on any atom is -0.378 e. The monoisotopic (exact) mass is 426 g/mol. The molecule has 0 radical (unpaired) electrons. The second-order valence-electron chi connectivity index (χ2n) is 8.22. The van der Waals surface area contributed by atoms with E-state index in [4.69, 9.17) is 4.98 Å². The van der Waals surface area contributed by atoms with Crippen molar-refractivity contribution >= 4 is 28.3 Å². The molecule has 1 heterocycles. The average molecular weight is 427 g/mol. The van der Waals surface area contributed by atoms with Crippen LogP contribution < -0.4 is 10.2 Å². The number of carbonyl (C=O) groups excluding carboxylic acids is 1. The molecule has 0 fully saturated rings. The predicted octanol–water partition coefficient (Wildman–Crippen LogP) is 5.55. The van der Waals surface area contributed by atoms with Gasteiger partial charge >= 0.3 is 0 Å². The number of hydrogen-bond donors (Lipinski definition) is 1. The van der Waals surface area contributed by atoms with E-state index >= 15 is 0 Å². The third-order valence-electron chi connectivity index (χ3n) is 5.69. The van der Waals surface area contributed by atoms with Crippen LogP contribution in [-0.2, 0) is 19.4 Å². The summed E-state index contributed by atoms with van der Waals surface area (Å²) in [6.07, 6.45) is 2.69. The van der Waals surface area contributed by atoms with Crippen molar-refractivity contribution in [2.24, 2.45) is 0 Å². The lowest BCUT2D eigenvalue weighted by Crippen LogP contribution is -2.15. The van der Waals surface area contributed by atoms with Crippen molar-refractivity contribution in [1.82, 2.24) is 9.55 Å². The molecule has 0 unspecified atom stereocenters. The van der Waals surface area contributed by atoms with Crippen molar-refractivity contribution in [1.29, 1.82) is 0 Å². The van der Waals surface area contributed by atoms with E-state index in [9.17, 15) is 4.79 Å². The van der Waals surface area contributed by atoms with E-state index in [1.54, 1.807) is 0 Å². The van der Waals surface area contributed by atoms with Crippen LogP contribution in [0, 0.1) is 0 Å².